The quantitative estimate of drug-likeness (QED) is 0.682. The largest absolute Gasteiger partial charge is 0.483 e. The Kier molecular flexibility index (Phi) is 3.14. The molecule has 0 saturated carbocycles. The Labute approximate surface area is 97.4 Å². The van der Waals surface area contributed by atoms with Crippen molar-refractivity contribution in [1.29, 1.82) is 0 Å². The Bertz CT molecular complexity index is 388. The Hall–Kier alpha value is -1.50. The van der Waals surface area contributed by atoms with Gasteiger partial charge in [0.2, 0.25) is 0 Å². The van der Waals surface area contributed by atoms with E-state index in [-0.39, 0.29) is 5.60 Å². The zero-order valence-electron chi connectivity index (χ0n) is 9.78. The van der Waals surface area contributed by atoms with Gasteiger partial charge < -0.3 is 4.74 Å². The van der Waals surface area contributed by atoms with Crippen molar-refractivity contribution in [3.8, 4) is 5.75 Å². The average molecular weight is 214 g/mol. The molecule has 1 heteroatoms. The van der Waals surface area contributed by atoms with Crippen LogP contribution in [0.25, 0.3) is 6.08 Å². The van der Waals surface area contributed by atoms with Crippen LogP contribution in [0.1, 0.15) is 31.7 Å². The van der Waals surface area contributed by atoms with Crippen molar-refractivity contribution in [3.05, 3.63) is 48.6 Å². The molecule has 1 atom stereocenters. The highest BCUT2D eigenvalue weighted by Gasteiger charge is 2.29. The van der Waals surface area contributed by atoms with E-state index in [1.165, 1.54) is 0 Å². The number of hydrogen-bond acceptors (Lipinski definition) is 1. The van der Waals surface area contributed by atoms with Gasteiger partial charge >= 0.3 is 0 Å². The summed E-state index contributed by atoms with van der Waals surface area (Å²) in [5, 5.41) is 0. The molecule has 2 rings (SSSR count). The van der Waals surface area contributed by atoms with E-state index in [9.17, 15) is 0 Å². The molecule has 0 N–H and O–H groups in total. The molecule has 0 saturated heterocycles. The molecule has 1 aromatic rings. The van der Waals surface area contributed by atoms with Gasteiger partial charge in [-0.15, -0.1) is 0 Å². The van der Waals surface area contributed by atoms with Crippen molar-refractivity contribution in [2.45, 2.75) is 31.8 Å². The SMILES string of the molecule is C=Cc1ccc(OC2(CC)C=CCC2)cc1. The lowest BCUT2D eigenvalue weighted by molar-refractivity contribution is 0.115. The minimum atomic E-state index is -0.0737. The fourth-order valence-corrected chi connectivity index (χ4v) is 2.07. The van der Waals surface area contributed by atoms with Crippen LogP contribution >= 0.6 is 0 Å². The molecule has 1 nitrogen and oxygen atoms in total. The topological polar surface area (TPSA) is 9.23 Å². The normalized spacial score (nSPS) is 23.3. The Morgan fingerprint density at radius 2 is 2.12 bits per heavy atom. The van der Waals surface area contributed by atoms with Gasteiger partial charge in [-0.25, -0.2) is 0 Å². The molecule has 1 unspecified atom stereocenters. The van der Waals surface area contributed by atoms with E-state index >= 15 is 0 Å². The van der Waals surface area contributed by atoms with E-state index in [1.54, 1.807) is 0 Å². The van der Waals surface area contributed by atoms with Crippen molar-refractivity contribution in [1.82, 2.24) is 0 Å². The van der Waals surface area contributed by atoms with Crippen molar-refractivity contribution in [2.24, 2.45) is 0 Å². The first-order valence-corrected chi connectivity index (χ1v) is 5.87. The van der Waals surface area contributed by atoms with Gasteiger partial charge in [-0.2, -0.15) is 0 Å². The second-order valence-electron chi connectivity index (χ2n) is 4.23. The van der Waals surface area contributed by atoms with E-state index in [0.717, 1.165) is 30.6 Å². The smallest absolute Gasteiger partial charge is 0.127 e. The highest BCUT2D eigenvalue weighted by molar-refractivity contribution is 5.48. The summed E-state index contributed by atoms with van der Waals surface area (Å²) in [6.07, 6.45) is 9.49. The predicted octanol–water partition coefficient (Wildman–Crippen LogP) is 4.21. The first kappa shape index (κ1) is 11.0. The lowest BCUT2D eigenvalue weighted by atomic mass is 10.00. The van der Waals surface area contributed by atoms with E-state index < -0.39 is 0 Å². The highest BCUT2D eigenvalue weighted by Crippen LogP contribution is 2.31. The Balaban J connectivity index is 2.13. The molecule has 0 spiro atoms. The molecule has 0 aromatic heterocycles. The lowest BCUT2D eigenvalue weighted by Gasteiger charge is -2.27. The van der Waals surface area contributed by atoms with Crippen LogP contribution in [0, 0.1) is 0 Å². The molecular formula is C15H18O. The third-order valence-electron chi connectivity index (χ3n) is 3.19. The van der Waals surface area contributed by atoms with Crippen LogP contribution in [0.3, 0.4) is 0 Å². The van der Waals surface area contributed by atoms with Gasteiger partial charge in [-0.05, 0) is 43.0 Å². The highest BCUT2D eigenvalue weighted by atomic mass is 16.5. The van der Waals surface area contributed by atoms with Crippen LogP contribution in [0.4, 0.5) is 0 Å². The molecule has 0 amide bonds. The number of hydrogen-bond donors (Lipinski definition) is 0. The molecule has 0 heterocycles. The zero-order valence-corrected chi connectivity index (χ0v) is 9.78. The van der Waals surface area contributed by atoms with Gasteiger partial charge in [0, 0.05) is 0 Å². The lowest BCUT2D eigenvalue weighted by Crippen LogP contribution is -2.30. The van der Waals surface area contributed by atoms with E-state index in [4.69, 9.17) is 4.74 Å². The first-order chi connectivity index (χ1) is 7.78. The van der Waals surface area contributed by atoms with Crippen LogP contribution in [-0.2, 0) is 0 Å². The average Bonchev–Trinajstić information content (AvgIpc) is 2.79. The predicted molar refractivity (Wildman–Crippen MR) is 68.6 cm³/mol. The van der Waals surface area contributed by atoms with Crippen LogP contribution in [0.5, 0.6) is 5.75 Å². The maximum Gasteiger partial charge on any atom is 0.127 e. The summed E-state index contributed by atoms with van der Waals surface area (Å²) < 4.78 is 6.09. The molecule has 0 fully saturated rings. The fourth-order valence-electron chi connectivity index (χ4n) is 2.07. The number of allylic oxidation sites excluding steroid dienone is 1. The molecule has 0 bridgehead atoms. The number of ether oxygens (including phenoxy) is 1. The molecular weight excluding hydrogens is 196 g/mol. The number of benzene rings is 1. The molecule has 1 aromatic carbocycles. The second kappa shape index (κ2) is 4.56. The molecule has 84 valence electrons. The Morgan fingerprint density at radius 1 is 1.38 bits per heavy atom. The van der Waals surface area contributed by atoms with Gasteiger partial charge in [0.05, 0.1) is 0 Å². The third kappa shape index (κ3) is 2.19. The molecule has 0 radical (unpaired) electrons. The van der Waals surface area contributed by atoms with Crippen LogP contribution in [0.2, 0.25) is 0 Å². The van der Waals surface area contributed by atoms with Crippen LogP contribution < -0.4 is 4.74 Å². The van der Waals surface area contributed by atoms with Gasteiger partial charge in [-0.1, -0.05) is 37.8 Å². The van der Waals surface area contributed by atoms with Gasteiger partial charge in [0.25, 0.3) is 0 Å². The molecule has 1 aliphatic rings. The third-order valence-corrected chi connectivity index (χ3v) is 3.19. The second-order valence-corrected chi connectivity index (χ2v) is 4.23. The molecule has 16 heavy (non-hydrogen) atoms. The van der Waals surface area contributed by atoms with E-state index in [1.807, 2.05) is 30.3 Å². The van der Waals surface area contributed by atoms with Crippen LogP contribution in [-0.4, -0.2) is 5.60 Å². The fraction of sp³-hybridized carbons (Fsp3) is 0.333. The molecule has 1 aliphatic carbocycles. The monoisotopic (exact) mass is 214 g/mol. The summed E-state index contributed by atoms with van der Waals surface area (Å²) >= 11 is 0. The molecule has 0 aliphatic heterocycles. The van der Waals surface area contributed by atoms with Crippen LogP contribution in [0.15, 0.2) is 43.0 Å². The van der Waals surface area contributed by atoms with Gasteiger partial charge in [0.15, 0.2) is 0 Å². The standard InChI is InChI=1S/C15H18O/c1-3-13-7-9-14(10-8-13)16-15(4-2)11-5-6-12-15/h3,5,7-11H,1,4,6,12H2,2H3. The van der Waals surface area contributed by atoms with E-state index in [2.05, 4.69) is 25.7 Å². The summed E-state index contributed by atoms with van der Waals surface area (Å²) in [6, 6.07) is 8.09. The summed E-state index contributed by atoms with van der Waals surface area (Å²) in [4.78, 5) is 0. The van der Waals surface area contributed by atoms with Gasteiger partial charge in [-0.3, -0.25) is 0 Å². The summed E-state index contributed by atoms with van der Waals surface area (Å²) in [6.45, 7) is 5.92. The van der Waals surface area contributed by atoms with E-state index in [0.29, 0.717) is 0 Å². The summed E-state index contributed by atoms with van der Waals surface area (Å²) in [7, 11) is 0. The minimum Gasteiger partial charge on any atom is -0.483 e. The van der Waals surface area contributed by atoms with Gasteiger partial charge in [0.1, 0.15) is 11.4 Å². The maximum absolute atomic E-state index is 6.09. The van der Waals surface area contributed by atoms with Crippen molar-refractivity contribution in [2.75, 3.05) is 0 Å². The van der Waals surface area contributed by atoms with Crippen molar-refractivity contribution >= 4 is 6.08 Å². The zero-order chi connectivity index (χ0) is 11.4. The van der Waals surface area contributed by atoms with Crippen molar-refractivity contribution < 1.29 is 4.74 Å². The summed E-state index contributed by atoms with van der Waals surface area (Å²) in [5.74, 6) is 0.944. The first-order valence-electron chi connectivity index (χ1n) is 5.87. The number of rotatable bonds is 4. The summed E-state index contributed by atoms with van der Waals surface area (Å²) in [5.41, 5.74) is 1.05. The Morgan fingerprint density at radius 3 is 2.62 bits per heavy atom. The minimum absolute atomic E-state index is 0.0737. The maximum atomic E-state index is 6.09. The van der Waals surface area contributed by atoms with Crippen molar-refractivity contribution in [3.63, 3.8) is 0 Å².